The molecule has 1 aromatic rings. The number of sulfonamides is 2. The molecule has 1 amide bonds. The Kier molecular flexibility index (Phi) is 7.66. The summed E-state index contributed by atoms with van der Waals surface area (Å²) < 4.78 is 51.2. The van der Waals surface area contributed by atoms with Crippen LogP contribution in [0.5, 0.6) is 0 Å². The second-order valence-corrected chi connectivity index (χ2v) is 11.1. The van der Waals surface area contributed by atoms with Gasteiger partial charge in [0.2, 0.25) is 26.0 Å². The van der Waals surface area contributed by atoms with Crippen LogP contribution in [0.3, 0.4) is 0 Å². The molecule has 1 heterocycles. The minimum atomic E-state index is -3.69. The number of carbonyl (C=O) groups excluding carboxylic acids is 1. The zero-order chi connectivity index (χ0) is 21.8. The van der Waals surface area contributed by atoms with Crippen LogP contribution < -0.4 is 10.2 Å². The number of nitrogens with one attached hydrogen (secondary N) is 1. The summed E-state index contributed by atoms with van der Waals surface area (Å²) in [5.74, 6) is -0.532. The van der Waals surface area contributed by atoms with E-state index in [0.717, 1.165) is 42.2 Å². The van der Waals surface area contributed by atoms with E-state index in [1.165, 1.54) is 17.4 Å². The molecule has 1 fully saturated rings. The number of anilines is 2. The van der Waals surface area contributed by atoms with E-state index in [1.807, 2.05) is 0 Å². The van der Waals surface area contributed by atoms with Crippen molar-refractivity contribution in [3.8, 4) is 0 Å². The molecule has 0 bridgehead atoms. The third-order valence-electron chi connectivity index (χ3n) is 4.96. The summed E-state index contributed by atoms with van der Waals surface area (Å²) in [4.78, 5) is 14.6. The van der Waals surface area contributed by atoms with Crippen molar-refractivity contribution < 1.29 is 21.6 Å². The molecule has 1 aromatic carbocycles. The first kappa shape index (κ1) is 23.6. The SMILES string of the molecule is CCN(CC)S(=O)(=O)c1ccc(N2CCCC2)c(NC(=O)CN(C)S(C)(=O)=O)c1. The summed E-state index contributed by atoms with van der Waals surface area (Å²) in [5, 5.41) is 2.71. The Balaban J connectivity index is 2.39. The minimum absolute atomic E-state index is 0.0934. The van der Waals surface area contributed by atoms with Gasteiger partial charge in [-0.25, -0.2) is 16.8 Å². The number of carbonyl (C=O) groups is 1. The van der Waals surface area contributed by atoms with E-state index in [-0.39, 0.29) is 11.4 Å². The smallest absolute Gasteiger partial charge is 0.243 e. The zero-order valence-electron chi connectivity index (χ0n) is 17.4. The Labute approximate surface area is 173 Å². The van der Waals surface area contributed by atoms with Gasteiger partial charge in [0.1, 0.15) is 0 Å². The van der Waals surface area contributed by atoms with Crippen molar-refractivity contribution >= 4 is 37.3 Å². The lowest BCUT2D eigenvalue weighted by Gasteiger charge is -2.24. The van der Waals surface area contributed by atoms with Crippen molar-refractivity contribution in [2.75, 3.05) is 56.2 Å². The van der Waals surface area contributed by atoms with Crippen molar-refractivity contribution in [1.82, 2.24) is 8.61 Å². The van der Waals surface area contributed by atoms with Gasteiger partial charge in [0.25, 0.3) is 0 Å². The molecule has 0 saturated carbocycles. The highest BCUT2D eigenvalue weighted by molar-refractivity contribution is 7.89. The Hall–Kier alpha value is -1.69. The largest absolute Gasteiger partial charge is 0.370 e. The maximum atomic E-state index is 12.9. The molecule has 1 N–H and O–H groups in total. The minimum Gasteiger partial charge on any atom is -0.370 e. The molecule has 2 rings (SSSR count). The van der Waals surface area contributed by atoms with Gasteiger partial charge in [-0.15, -0.1) is 0 Å². The van der Waals surface area contributed by atoms with Crippen molar-refractivity contribution in [2.45, 2.75) is 31.6 Å². The predicted molar refractivity (Wildman–Crippen MR) is 114 cm³/mol. The van der Waals surface area contributed by atoms with Crippen molar-refractivity contribution in [3.05, 3.63) is 18.2 Å². The van der Waals surface area contributed by atoms with E-state index >= 15 is 0 Å². The molecular formula is C18H30N4O5S2. The maximum Gasteiger partial charge on any atom is 0.243 e. The summed E-state index contributed by atoms with van der Waals surface area (Å²) >= 11 is 0. The summed E-state index contributed by atoms with van der Waals surface area (Å²) in [6.07, 6.45) is 3.06. The number of benzene rings is 1. The molecule has 0 spiro atoms. The molecule has 29 heavy (non-hydrogen) atoms. The van der Waals surface area contributed by atoms with Crippen molar-refractivity contribution in [2.24, 2.45) is 0 Å². The van der Waals surface area contributed by atoms with E-state index in [0.29, 0.717) is 18.8 Å². The second-order valence-electron chi connectivity index (χ2n) is 7.03. The van der Waals surface area contributed by atoms with E-state index in [1.54, 1.807) is 26.0 Å². The lowest BCUT2D eigenvalue weighted by atomic mass is 10.2. The van der Waals surface area contributed by atoms with Gasteiger partial charge in [0, 0.05) is 33.2 Å². The number of hydrogen-bond donors (Lipinski definition) is 1. The molecule has 0 radical (unpaired) electrons. The monoisotopic (exact) mass is 446 g/mol. The third kappa shape index (κ3) is 5.68. The molecule has 1 aliphatic heterocycles. The molecule has 9 nitrogen and oxygen atoms in total. The van der Waals surface area contributed by atoms with Crippen molar-refractivity contribution in [3.63, 3.8) is 0 Å². The Morgan fingerprint density at radius 1 is 1.10 bits per heavy atom. The van der Waals surface area contributed by atoms with Crippen LogP contribution in [-0.2, 0) is 24.8 Å². The lowest BCUT2D eigenvalue weighted by molar-refractivity contribution is -0.116. The summed E-state index contributed by atoms with van der Waals surface area (Å²) in [6, 6.07) is 4.72. The number of likely N-dealkylation sites (N-methyl/N-ethyl adjacent to an activating group) is 1. The van der Waals surface area contributed by atoms with Crippen LogP contribution in [0.15, 0.2) is 23.1 Å². The van der Waals surface area contributed by atoms with Crippen LogP contribution in [0, 0.1) is 0 Å². The normalized spacial score (nSPS) is 15.3. The summed E-state index contributed by atoms with van der Waals surface area (Å²) in [7, 11) is -5.88. The standard InChI is InChI=1S/C18H30N4O5S2/c1-5-22(6-2)29(26,27)15-9-10-17(21-11-7-8-12-21)16(13-15)19-18(23)14-20(3)28(4,24)25/h9-10,13H,5-8,11-12,14H2,1-4H3,(H,19,23). The number of hydrogen-bond acceptors (Lipinski definition) is 6. The molecule has 11 heteroatoms. The fourth-order valence-electron chi connectivity index (χ4n) is 3.23. The van der Waals surface area contributed by atoms with E-state index in [2.05, 4.69) is 10.2 Å². The zero-order valence-corrected chi connectivity index (χ0v) is 19.0. The molecule has 1 saturated heterocycles. The predicted octanol–water partition coefficient (Wildman–Crippen LogP) is 1.15. The van der Waals surface area contributed by atoms with Gasteiger partial charge >= 0.3 is 0 Å². The first-order valence-electron chi connectivity index (χ1n) is 9.61. The van der Waals surface area contributed by atoms with Crippen LogP contribution in [0.25, 0.3) is 0 Å². The van der Waals surface area contributed by atoms with Crippen LogP contribution in [0.2, 0.25) is 0 Å². The number of amides is 1. The van der Waals surface area contributed by atoms with Crippen LogP contribution in [0.1, 0.15) is 26.7 Å². The third-order valence-corrected chi connectivity index (χ3v) is 8.27. The Morgan fingerprint density at radius 2 is 1.69 bits per heavy atom. The average molecular weight is 447 g/mol. The van der Waals surface area contributed by atoms with Crippen LogP contribution >= 0.6 is 0 Å². The van der Waals surface area contributed by atoms with E-state index < -0.39 is 26.0 Å². The molecule has 0 unspecified atom stereocenters. The van der Waals surface area contributed by atoms with Gasteiger partial charge in [0.15, 0.2) is 0 Å². The van der Waals surface area contributed by atoms with Gasteiger partial charge in [-0.3, -0.25) is 4.79 Å². The topological polar surface area (TPSA) is 107 Å². The number of nitrogens with zero attached hydrogens (tertiary/aromatic N) is 3. The van der Waals surface area contributed by atoms with Gasteiger partial charge < -0.3 is 10.2 Å². The Morgan fingerprint density at radius 3 is 2.21 bits per heavy atom. The van der Waals surface area contributed by atoms with E-state index in [4.69, 9.17) is 0 Å². The molecule has 0 aromatic heterocycles. The fourth-order valence-corrected chi connectivity index (χ4v) is 5.07. The fraction of sp³-hybridized carbons (Fsp3) is 0.611. The molecule has 0 atom stereocenters. The molecular weight excluding hydrogens is 416 g/mol. The quantitative estimate of drug-likeness (QED) is 0.610. The summed E-state index contributed by atoms with van der Waals surface area (Å²) in [5.41, 5.74) is 1.10. The Bertz CT molecular complexity index is 937. The first-order chi connectivity index (χ1) is 13.5. The van der Waals surface area contributed by atoms with E-state index in [9.17, 15) is 21.6 Å². The molecule has 1 aliphatic rings. The highest BCUT2D eigenvalue weighted by Gasteiger charge is 2.25. The van der Waals surface area contributed by atoms with Gasteiger partial charge in [0.05, 0.1) is 29.1 Å². The highest BCUT2D eigenvalue weighted by Crippen LogP contribution is 2.32. The maximum absolute atomic E-state index is 12.9. The van der Waals surface area contributed by atoms with Crippen LogP contribution in [-0.4, -0.2) is 77.4 Å². The molecule has 164 valence electrons. The lowest BCUT2D eigenvalue weighted by Crippen LogP contribution is -2.34. The average Bonchev–Trinajstić information content (AvgIpc) is 3.16. The summed E-state index contributed by atoms with van der Waals surface area (Å²) in [6.45, 7) is 5.49. The number of rotatable bonds is 9. The van der Waals surface area contributed by atoms with Crippen molar-refractivity contribution in [1.29, 1.82) is 0 Å². The highest BCUT2D eigenvalue weighted by atomic mass is 32.2. The van der Waals surface area contributed by atoms with Gasteiger partial charge in [-0.2, -0.15) is 8.61 Å². The van der Waals surface area contributed by atoms with Gasteiger partial charge in [-0.05, 0) is 31.0 Å². The van der Waals surface area contributed by atoms with Crippen LogP contribution in [0.4, 0.5) is 11.4 Å². The first-order valence-corrected chi connectivity index (χ1v) is 12.9. The van der Waals surface area contributed by atoms with Gasteiger partial charge in [-0.1, -0.05) is 13.8 Å². The second kappa shape index (κ2) is 9.41. The molecule has 0 aliphatic carbocycles.